The van der Waals surface area contributed by atoms with Crippen molar-refractivity contribution in [1.29, 1.82) is 21.0 Å². The number of anilines is 3. The molecular formula is C69H50N8O. The number of para-hydroxylation sites is 4. The van der Waals surface area contributed by atoms with Crippen molar-refractivity contribution in [3.63, 3.8) is 0 Å². The van der Waals surface area contributed by atoms with Gasteiger partial charge >= 0.3 is 0 Å². The van der Waals surface area contributed by atoms with Crippen LogP contribution in [0, 0.1) is 45.3 Å². The lowest BCUT2D eigenvalue weighted by atomic mass is 9.74. The maximum Gasteiger partial charge on any atom is 0.163 e. The summed E-state index contributed by atoms with van der Waals surface area (Å²) in [5.74, 6) is 3.48. The Hall–Kier alpha value is -10.5. The van der Waals surface area contributed by atoms with Gasteiger partial charge in [0.05, 0.1) is 57.9 Å². The number of benzene rings is 9. The molecule has 1 aromatic heterocycles. The zero-order chi connectivity index (χ0) is 54.3. The van der Waals surface area contributed by atoms with E-state index in [-0.39, 0.29) is 10.8 Å². The van der Waals surface area contributed by atoms with Crippen LogP contribution in [-0.2, 0) is 10.8 Å². The summed E-state index contributed by atoms with van der Waals surface area (Å²) in [6.07, 6.45) is 0. The molecule has 0 saturated heterocycles. The first-order chi connectivity index (χ1) is 37.7. The lowest BCUT2D eigenvalue weighted by Crippen LogP contribution is -2.24. The zero-order valence-electron chi connectivity index (χ0n) is 44.0. The van der Waals surface area contributed by atoms with E-state index in [1.54, 1.807) is 0 Å². The third-order valence-corrected chi connectivity index (χ3v) is 14.0. The Morgan fingerprint density at radius 3 is 0.897 bits per heavy atom. The summed E-state index contributed by atoms with van der Waals surface area (Å²) in [6, 6.07) is 72.9. The van der Waals surface area contributed by atoms with Crippen LogP contribution in [0.3, 0.4) is 0 Å². The highest BCUT2D eigenvalue weighted by Crippen LogP contribution is 2.57. The van der Waals surface area contributed by atoms with E-state index in [4.69, 9.17) is 19.7 Å². The molecule has 0 fully saturated rings. The van der Waals surface area contributed by atoms with E-state index in [1.807, 2.05) is 133 Å². The van der Waals surface area contributed by atoms with E-state index in [0.29, 0.717) is 39.7 Å². The molecule has 0 radical (unpaired) electrons. The minimum absolute atomic E-state index is 0.340. The fraction of sp³-hybridized carbons (Fsp3) is 0.116. The van der Waals surface area contributed by atoms with Gasteiger partial charge in [-0.3, -0.25) is 0 Å². The number of aromatic nitrogens is 3. The van der Waals surface area contributed by atoms with Gasteiger partial charge in [-0.05, 0) is 152 Å². The normalized spacial score (nSPS) is 11.7. The smallest absolute Gasteiger partial charge is 0.163 e. The lowest BCUT2D eigenvalue weighted by molar-refractivity contribution is 0.477. The average Bonchev–Trinajstić information content (AvgIpc) is 3.61. The Morgan fingerprint density at radius 2 is 0.603 bits per heavy atom. The van der Waals surface area contributed by atoms with Gasteiger partial charge in [0.1, 0.15) is 11.6 Å². The van der Waals surface area contributed by atoms with Crippen LogP contribution in [0.15, 0.2) is 194 Å². The fourth-order valence-electron chi connectivity index (χ4n) is 10.0. The van der Waals surface area contributed by atoms with Crippen molar-refractivity contribution in [2.75, 3.05) is 4.90 Å². The maximum atomic E-state index is 10.2. The SMILES string of the molecule is CC(C)(C)c1nc(-c2ccc(-c3c(-c4ccc(C#N)cc4)c(-c4ccc(C#N)cc4)c(-c4ccc(C#N)cc4)c(-c4ccc(C#N)cc4)c3-c3ccc(N4c5ccccc5Oc5ccccc54)cc3)cc2)nc(C(C)(C)C)n1. The van der Waals surface area contributed by atoms with E-state index in [9.17, 15) is 21.0 Å². The van der Waals surface area contributed by atoms with E-state index >= 15 is 0 Å². The van der Waals surface area contributed by atoms with Crippen LogP contribution in [0.2, 0.25) is 0 Å². The van der Waals surface area contributed by atoms with Crippen molar-refractivity contribution in [2.24, 2.45) is 0 Å². The standard InChI is InChI=1S/C69H50N8O/c1-68(2,3)66-74-65(75-67(76-66)69(4,5)6)53-33-31-51(32-34-53)63-61(49-27-19-45(41-72)20-28-49)59(47-23-15-43(39-70)16-24-47)60(48-25-17-44(40-71)18-26-48)62(50-29-21-46(42-73)22-30-50)64(63)52-35-37-54(38-36-52)77-55-11-7-9-13-57(55)78-58-14-10-8-12-56(58)77/h7-38H,1-6H3. The fourth-order valence-corrected chi connectivity index (χ4v) is 10.0. The van der Waals surface area contributed by atoms with E-state index in [2.05, 4.69) is 131 Å². The first kappa shape index (κ1) is 49.7. The van der Waals surface area contributed by atoms with Crippen molar-refractivity contribution in [1.82, 2.24) is 15.0 Å². The van der Waals surface area contributed by atoms with Crippen LogP contribution >= 0.6 is 0 Å². The number of rotatable bonds is 8. The van der Waals surface area contributed by atoms with Gasteiger partial charge in [-0.25, -0.2) is 15.0 Å². The molecule has 0 atom stereocenters. The van der Waals surface area contributed by atoms with Crippen molar-refractivity contribution < 1.29 is 4.74 Å². The third-order valence-electron chi connectivity index (χ3n) is 14.0. The Balaban J connectivity index is 1.29. The quantitative estimate of drug-likeness (QED) is 0.145. The second kappa shape index (κ2) is 20.0. The minimum atomic E-state index is -0.340. The molecule has 9 heteroatoms. The summed E-state index contributed by atoms with van der Waals surface area (Å²) < 4.78 is 6.42. The van der Waals surface area contributed by atoms with Gasteiger partial charge < -0.3 is 9.64 Å². The van der Waals surface area contributed by atoms with E-state index in [0.717, 1.165) is 101 Å². The monoisotopic (exact) mass is 1010 g/mol. The van der Waals surface area contributed by atoms with Gasteiger partial charge in [-0.2, -0.15) is 21.0 Å². The lowest BCUT2D eigenvalue weighted by Gasteiger charge is -2.33. The molecule has 0 aliphatic carbocycles. The minimum Gasteiger partial charge on any atom is -0.453 e. The van der Waals surface area contributed by atoms with E-state index in [1.165, 1.54) is 0 Å². The molecule has 10 aromatic rings. The molecule has 0 saturated carbocycles. The van der Waals surface area contributed by atoms with Gasteiger partial charge in [0.15, 0.2) is 17.3 Å². The van der Waals surface area contributed by atoms with Gasteiger partial charge in [-0.1, -0.05) is 151 Å². The Bertz CT molecular complexity index is 4050. The Labute approximate surface area is 454 Å². The summed E-state index contributed by atoms with van der Waals surface area (Å²) in [5.41, 5.74) is 15.3. The van der Waals surface area contributed by atoms with Crippen molar-refractivity contribution in [3.05, 3.63) is 228 Å². The van der Waals surface area contributed by atoms with Crippen LogP contribution in [0.25, 0.3) is 78.1 Å². The molecule has 1 aliphatic heterocycles. The Kier molecular flexibility index (Phi) is 12.8. The van der Waals surface area contributed by atoms with Gasteiger partial charge in [0.25, 0.3) is 0 Å². The number of nitriles is 4. The predicted octanol–water partition coefficient (Wildman–Crippen LogP) is 17.2. The van der Waals surface area contributed by atoms with Crippen LogP contribution in [-0.4, -0.2) is 15.0 Å². The largest absolute Gasteiger partial charge is 0.453 e. The summed E-state index contributed by atoms with van der Waals surface area (Å²) in [7, 11) is 0. The summed E-state index contributed by atoms with van der Waals surface area (Å²) in [5, 5.41) is 40.6. The second-order valence-corrected chi connectivity index (χ2v) is 21.3. The molecular weight excluding hydrogens is 957 g/mol. The summed E-state index contributed by atoms with van der Waals surface area (Å²) >= 11 is 0. The van der Waals surface area contributed by atoms with Crippen LogP contribution in [0.1, 0.15) is 75.4 Å². The highest BCUT2D eigenvalue weighted by Gasteiger charge is 2.32. The van der Waals surface area contributed by atoms with Gasteiger partial charge in [-0.15, -0.1) is 0 Å². The van der Waals surface area contributed by atoms with Crippen LogP contribution in [0.5, 0.6) is 11.5 Å². The Morgan fingerprint density at radius 1 is 0.333 bits per heavy atom. The summed E-state index contributed by atoms with van der Waals surface area (Å²) in [6.45, 7) is 12.7. The van der Waals surface area contributed by atoms with Gasteiger partial charge in [0.2, 0.25) is 0 Å². The van der Waals surface area contributed by atoms with Crippen molar-refractivity contribution in [3.8, 4) is 114 Å². The first-order valence-corrected chi connectivity index (χ1v) is 25.6. The molecule has 0 unspecified atom stereocenters. The molecule has 9 nitrogen and oxygen atoms in total. The molecule has 0 N–H and O–H groups in total. The molecule has 1 aliphatic rings. The molecule has 2 heterocycles. The molecule has 372 valence electrons. The number of hydrogen-bond donors (Lipinski definition) is 0. The molecule has 9 aromatic carbocycles. The topological polar surface area (TPSA) is 146 Å². The molecule has 0 amide bonds. The molecule has 0 spiro atoms. The highest BCUT2D eigenvalue weighted by molar-refractivity contribution is 6.15. The predicted molar refractivity (Wildman–Crippen MR) is 309 cm³/mol. The molecule has 0 bridgehead atoms. The maximum absolute atomic E-state index is 10.2. The van der Waals surface area contributed by atoms with Crippen LogP contribution in [0.4, 0.5) is 17.1 Å². The third kappa shape index (κ3) is 9.28. The number of ether oxygens (including phenoxy) is 1. The number of fused-ring (bicyclic) bond motifs is 2. The van der Waals surface area contributed by atoms with E-state index < -0.39 is 0 Å². The zero-order valence-corrected chi connectivity index (χ0v) is 44.0. The van der Waals surface area contributed by atoms with Crippen molar-refractivity contribution >= 4 is 17.1 Å². The number of nitrogens with zero attached hydrogens (tertiary/aromatic N) is 8. The highest BCUT2D eigenvalue weighted by atomic mass is 16.5. The van der Waals surface area contributed by atoms with Gasteiger partial charge in [0, 0.05) is 22.1 Å². The van der Waals surface area contributed by atoms with Crippen molar-refractivity contribution in [2.45, 2.75) is 52.4 Å². The molecule has 11 rings (SSSR count). The number of hydrogen-bond acceptors (Lipinski definition) is 9. The first-order valence-electron chi connectivity index (χ1n) is 25.6. The second-order valence-electron chi connectivity index (χ2n) is 21.3. The van der Waals surface area contributed by atoms with Crippen LogP contribution < -0.4 is 9.64 Å². The average molecular weight is 1010 g/mol. The molecule has 78 heavy (non-hydrogen) atoms. The summed E-state index contributed by atoms with van der Waals surface area (Å²) in [4.78, 5) is 17.3.